The number of rotatable bonds is 71. The number of aliphatic hydroxyl groups excluding tert-OH is 2. The molecule has 0 bridgehead atoms. The van der Waals surface area contributed by atoms with E-state index in [-0.39, 0.29) is 18.5 Å². The fourth-order valence-electron chi connectivity index (χ4n) is 12.1. The Morgan fingerprint density at radius 1 is 0.333 bits per heavy atom. The maximum Gasteiger partial charge on any atom is 0.305 e. The molecule has 81 heavy (non-hydrogen) atoms. The molecule has 0 spiro atoms. The second kappa shape index (κ2) is 71.1. The third kappa shape index (κ3) is 67.6. The Labute approximate surface area is 508 Å². The van der Waals surface area contributed by atoms with Crippen LogP contribution in [0.1, 0.15) is 431 Å². The van der Waals surface area contributed by atoms with Crippen LogP contribution in [0.25, 0.3) is 0 Å². The second-order valence-electron chi connectivity index (χ2n) is 26.0. The van der Waals surface area contributed by atoms with Crippen LogP contribution in [0.2, 0.25) is 0 Å². The first-order chi connectivity index (χ1) is 40.0. The number of hydrogen-bond acceptors (Lipinski definition) is 5. The van der Waals surface area contributed by atoms with Crippen molar-refractivity contribution in [3.05, 3.63) is 12.2 Å². The van der Waals surface area contributed by atoms with Crippen molar-refractivity contribution in [1.82, 2.24) is 5.32 Å². The molecular formula is C75H147NO5. The van der Waals surface area contributed by atoms with Gasteiger partial charge in [-0.1, -0.05) is 398 Å². The maximum atomic E-state index is 12.5. The van der Waals surface area contributed by atoms with Crippen molar-refractivity contribution in [3.8, 4) is 0 Å². The summed E-state index contributed by atoms with van der Waals surface area (Å²) in [5.41, 5.74) is 0. The molecule has 6 nitrogen and oxygen atoms in total. The Balaban J connectivity index is 3.30. The van der Waals surface area contributed by atoms with Gasteiger partial charge in [-0.25, -0.2) is 0 Å². The first-order valence-electron chi connectivity index (χ1n) is 37.5. The molecule has 2 unspecified atom stereocenters. The molecule has 482 valence electrons. The molecule has 2 atom stereocenters. The van der Waals surface area contributed by atoms with E-state index in [1.165, 1.54) is 366 Å². The lowest BCUT2D eigenvalue weighted by Crippen LogP contribution is -2.45. The van der Waals surface area contributed by atoms with Crippen LogP contribution in [-0.2, 0) is 14.3 Å². The molecule has 1 amide bonds. The molecule has 0 radical (unpaired) electrons. The molecule has 0 aliphatic rings. The fourth-order valence-corrected chi connectivity index (χ4v) is 12.1. The molecule has 0 fully saturated rings. The fraction of sp³-hybridized carbons (Fsp3) is 0.947. The van der Waals surface area contributed by atoms with Crippen LogP contribution in [0.5, 0.6) is 0 Å². The second-order valence-corrected chi connectivity index (χ2v) is 26.0. The number of hydrogen-bond donors (Lipinski definition) is 3. The minimum Gasteiger partial charge on any atom is -0.466 e. The third-order valence-electron chi connectivity index (χ3n) is 17.8. The predicted octanol–water partition coefficient (Wildman–Crippen LogP) is 24.3. The summed E-state index contributed by atoms with van der Waals surface area (Å²) in [6.07, 6.45) is 89.0. The summed E-state index contributed by atoms with van der Waals surface area (Å²) < 4.78 is 5.49. The summed E-state index contributed by atoms with van der Waals surface area (Å²) in [6.45, 7) is 4.95. The number of carbonyl (C=O) groups excluding carboxylic acids is 2. The zero-order valence-corrected chi connectivity index (χ0v) is 55.3. The maximum absolute atomic E-state index is 12.5. The lowest BCUT2D eigenvalue weighted by Gasteiger charge is -2.20. The first kappa shape index (κ1) is 79.6. The van der Waals surface area contributed by atoms with Gasteiger partial charge in [0.25, 0.3) is 0 Å². The molecule has 0 aliphatic carbocycles. The normalized spacial score (nSPS) is 12.5. The Kier molecular flexibility index (Phi) is 69.9. The number of unbranched alkanes of at least 4 members (excludes halogenated alkanes) is 60. The van der Waals surface area contributed by atoms with Gasteiger partial charge in [0.1, 0.15) is 0 Å². The van der Waals surface area contributed by atoms with Gasteiger partial charge in [0.15, 0.2) is 0 Å². The van der Waals surface area contributed by atoms with Crippen molar-refractivity contribution in [3.63, 3.8) is 0 Å². The van der Waals surface area contributed by atoms with Crippen molar-refractivity contribution in [2.45, 2.75) is 443 Å². The summed E-state index contributed by atoms with van der Waals surface area (Å²) in [5.74, 6) is -0.0343. The van der Waals surface area contributed by atoms with E-state index in [0.717, 1.165) is 38.5 Å². The average molecular weight is 1140 g/mol. The summed E-state index contributed by atoms with van der Waals surface area (Å²) >= 11 is 0. The first-order valence-corrected chi connectivity index (χ1v) is 37.5. The highest BCUT2D eigenvalue weighted by atomic mass is 16.5. The van der Waals surface area contributed by atoms with Gasteiger partial charge in [-0.15, -0.1) is 0 Å². The zero-order valence-electron chi connectivity index (χ0n) is 55.3. The van der Waals surface area contributed by atoms with E-state index >= 15 is 0 Å². The van der Waals surface area contributed by atoms with Crippen LogP contribution in [0.4, 0.5) is 0 Å². The van der Waals surface area contributed by atoms with Crippen LogP contribution in [0.15, 0.2) is 12.2 Å². The molecule has 0 saturated heterocycles. The third-order valence-corrected chi connectivity index (χ3v) is 17.8. The highest BCUT2D eigenvalue weighted by Gasteiger charge is 2.18. The van der Waals surface area contributed by atoms with Gasteiger partial charge >= 0.3 is 5.97 Å². The Morgan fingerprint density at radius 2 is 0.568 bits per heavy atom. The van der Waals surface area contributed by atoms with Crippen molar-refractivity contribution in [2.24, 2.45) is 0 Å². The molecule has 0 aromatic rings. The van der Waals surface area contributed by atoms with Gasteiger partial charge in [-0.2, -0.15) is 0 Å². The summed E-state index contributed by atoms with van der Waals surface area (Å²) in [7, 11) is 0. The number of amides is 1. The van der Waals surface area contributed by atoms with E-state index < -0.39 is 12.1 Å². The van der Waals surface area contributed by atoms with Gasteiger partial charge in [0, 0.05) is 12.8 Å². The van der Waals surface area contributed by atoms with Gasteiger partial charge in [-0.3, -0.25) is 9.59 Å². The van der Waals surface area contributed by atoms with Crippen LogP contribution < -0.4 is 5.32 Å². The molecule has 3 N–H and O–H groups in total. The molecule has 0 aromatic heterocycles. The Morgan fingerprint density at radius 3 is 0.840 bits per heavy atom. The van der Waals surface area contributed by atoms with E-state index in [1.54, 1.807) is 6.08 Å². The van der Waals surface area contributed by atoms with Crippen molar-refractivity contribution in [1.29, 1.82) is 0 Å². The monoisotopic (exact) mass is 1140 g/mol. The molecule has 6 heteroatoms. The summed E-state index contributed by atoms with van der Waals surface area (Å²) in [5, 5.41) is 23.2. The van der Waals surface area contributed by atoms with Gasteiger partial charge in [0.05, 0.1) is 25.4 Å². The number of nitrogens with one attached hydrogen (secondary N) is 1. The number of carbonyl (C=O) groups is 2. The molecule has 0 saturated carbocycles. The average Bonchev–Trinajstić information content (AvgIpc) is 3.47. The van der Waals surface area contributed by atoms with Crippen molar-refractivity contribution in [2.75, 3.05) is 13.2 Å². The topological polar surface area (TPSA) is 95.9 Å². The van der Waals surface area contributed by atoms with E-state index in [0.29, 0.717) is 19.4 Å². The van der Waals surface area contributed by atoms with E-state index in [4.69, 9.17) is 4.74 Å². The molecule has 0 aromatic carbocycles. The van der Waals surface area contributed by atoms with Crippen LogP contribution in [0, 0.1) is 0 Å². The minimum atomic E-state index is -0.839. The van der Waals surface area contributed by atoms with Gasteiger partial charge < -0.3 is 20.3 Å². The van der Waals surface area contributed by atoms with Crippen LogP contribution in [-0.4, -0.2) is 47.4 Å². The smallest absolute Gasteiger partial charge is 0.305 e. The number of allylic oxidation sites excluding steroid dienone is 1. The SMILES string of the molecule is CCCCCCCCCCCCCCC/C=C/C(O)C(CO)NC(=O)CCCCCCCCCCCCCCCCCCCCCCCCCCCCCCCCCCCCCCCOC(=O)CCCCCCCCCCCCCC. The van der Waals surface area contributed by atoms with Crippen molar-refractivity contribution < 1.29 is 24.5 Å². The molecular weight excluding hydrogens is 995 g/mol. The Bertz CT molecular complexity index is 1220. The molecule has 0 rings (SSSR count). The minimum absolute atomic E-state index is 0.0247. The standard InChI is InChI=1S/C75H147NO5/c1-3-5-7-9-11-13-15-17-41-44-47-51-55-59-63-67-73(78)72(71-77)76-74(79)68-64-60-56-52-48-45-42-39-37-35-33-31-29-27-25-23-21-19-18-20-22-24-26-28-30-32-34-36-38-40-43-46-50-54-58-62-66-70-81-75(80)69-65-61-57-53-49-16-14-12-10-8-6-4-2/h63,67,72-73,77-78H,3-62,64-66,68-71H2,1-2H3,(H,76,79)/b67-63+. The largest absolute Gasteiger partial charge is 0.466 e. The quantitative estimate of drug-likeness (QED) is 0.0320. The summed E-state index contributed by atoms with van der Waals surface area (Å²) in [4.78, 5) is 24.5. The Hall–Kier alpha value is -1.40. The highest BCUT2D eigenvalue weighted by molar-refractivity contribution is 5.76. The van der Waals surface area contributed by atoms with Gasteiger partial charge in [0.2, 0.25) is 5.91 Å². The summed E-state index contributed by atoms with van der Waals surface area (Å²) in [6, 6.07) is -0.622. The highest BCUT2D eigenvalue weighted by Crippen LogP contribution is 2.20. The van der Waals surface area contributed by atoms with Crippen LogP contribution >= 0.6 is 0 Å². The lowest BCUT2D eigenvalue weighted by atomic mass is 10.0. The zero-order chi connectivity index (χ0) is 58.5. The lowest BCUT2D eigenvalue weighted by molar-refractivity contribution is -0.143. The van der Waals surface area contributed by atoms with E-state index in [2.05, 4.69) is 19.2 Å². The van der Waals surface area contributed by atoms with E-state index in [1.807, 2.05) is 6.08 Å². The predicted molar refractivity (Wildman–Crippen MR) is 357 cm³/mol. The van der Waals surface area contributed by atoms with Gasteiger partial charge in [-0.05, 0) is 32.1 Å². The van der Waals surface area contributed by atoms with E-state index in [9.17, 15) is 19.8 Å². The number of aliphatic hydroxyl groups is 2. The molecule has 0 aliphatic heterocycles. The number of esters is 1. The number of ether oxygens (including phenoxy) is 1. The van der Waals surface area contributed by atoms with Crippen molar-refractivity contribution >= 4 is 11.9 Å². The molecule has 0 heterocycles. The van der Waals surface area contributed by atoms with Crippen LogP contribution in [0.3, 0.4) is 0 Å².